The van der Waals surface area contributed by atoms with E-state index in [1.54, 1.807) is 19.1 Å². The van der Waals surface area contributed by atoms with E-state index in [9.17, 15) is 18.0 Å². The molecule has 0 radical (unpaired) electrons. The minimum atomic E-state index is -4.29. The van der Waals surface area contributed by atoms with E-state index in [4.69, 9.17) is 9.47 Å². The van der Waals surface area contributed by atoms with E-state index >= 15 is 0 Å². The Labute approximate surface area is 164 Å². The van der Waals surface area contributed by atoms with Crippen LogP contribution in [0.4, 0.5) is 13.2 Å². The molecule has 2 rings (SSSR count). The van der Waals surface area contributed by atoms with Gasteiger partial charge in [0.15, 0.2) is 11.5 Å². The van der Waals surface area contributed by atoms with Gasteiger partial charge in [0.1, 0.15) is 0 Å². The molecule has 1 aliphatic rings. The Kier molecular flexibility index (Phi) is 7.98. The summed E-state index contributed by atoms with van der Waals surface area (Å²) >= 11 is 0. The highest BCUT2D eigenvalue weighted by Crippen LogP contribution is 2.28. The highest BCUT2D eigenvalue weighted by molar-refractivity contribution is 5.76. The third-order valence-corrected chi connectivity index (χ3v) is 5.20. The van der Waals surface area contributed by atoms with E-state index in [1.807, 2.05) is 25.2 Å². The number of ether oxygens (including phenoxy) is 2. The molecule has 28 heavy (non-hydrogen) atoms. The van der Waals surface area contributed by atoms with Gasteiger partial charge in [-0.1, -0.05) is 6.07 Å². The zero-order valence-corrected chi connectivity index (χ0v) is 16.7. The topological polar surface area (TPSA) is 42.0 Å². The number of methoxy groups -OCH3 is 2. The largest absolute Gasteiger partial charge is 0.493 e. The quantitative estimate of drug-likeness (QED) is 0.667. The SMILES string of the molecule is COc1ccc(CCN(C)[C@@H]2CCCN(C(=O)CCC(F)(F)F)C2)cc1OC. The summed E-state index contributed by atoms with van der Waals surface area (Å²) in [6, 6.07) is 5.96. The van der Waals surface area contributed by atoms with Crippen LogP contribution in [0.5, 0.6) is 11.5 Å². The fraction of sp³-hybridized carbons (Fsp3) is 0.650. The van der Waals surface area contributed by atoms with Crippen LogP contribution >= 0.6 is 0 Å². The number of nitrogens with zero attached hydrogens (tertiary/aromatic N) is 2. The van der Waals surface area contributed by atoms with Gasteiger partial charge in [-0.3, -0.25) is 4.79 Å². The van der Waals surface area contributed by atoms with Crippen molar-refractivity contribution >= 4 is 5.91 Å². The van der Waals surface area contributed by atoms with E-state index in [-0.39, 0.29) is 6.04 Å². The number of likely N-dealkylation sites (N-methyl/N-ethyl adjacent to an activating group) is 1. The summed E-state index contributed by atoms with van der Waals surface area (Å²) in [5.74, 6) is 0.956. The van der Waals surface area contributed by atoms with Gasteiger partial charge in [0, 0.05) is 32.1 Å². The van der Waals surface area contributed by atoms with Crippen LogP contribution in [0.25, 0.3) is 0 Å². The van der Waals surface area contributed by atoms with E-state index in [0.717, 1.165) is 31.4 Å². The van der Waals surface area contributed by atoms with Crippen molar-refractivity contribution in [3.05, 3.63) is 23.8 Å². The minimum Gasteiger partial charge on any atom is -0.493 e. The summed E-state index contributed by atoms with van der Waals surface area (Å²) < 4.78 is 47.6. The monoisotopic (exact) mass is 402 g/mol. The molecular weight excluding hydrogens is 373 g/mol. The fourth-order valence-corrected chi connectivity index (χ4v) is 3.47. The van der Waals surface area contributed by atoms with Crippen molar-refractivity contribution in [2.45, 2.75) is 44.3 Å². The maximum absolute atomic E-state index is 12.4. The molecule has 1 saturated heterocycles. The molecule has 8 heteroatoms. The summed E-state index contributed by atoms with van der Waals surface area (Å²) in [5, 5.41) is 0. The Balaban J connectivity index is 1.86. The van der Waals surface area contributed by atoms with Crippen LogP contribution in [0.15, 0.2) is 18.2 Å². The normalized spacial score (nSPS) is 17.7. The summed E-state index contributed by atoms with van der Waals surface area (Å²) in [6.07, 6.45) is -3.27. The number of hydrogen-bond acceptors (Lipinski definition) is 4. The van der Waals surface area contributed by atoms with Crippen LogP contribution in [-0.2, 0) is 11.2 Å². The van der Waals surface area contributed by atoms with Gasteiger partial charge < -0.3 is 19.3 Å². The van der Waals surface area contributed by atoms with Gasteiger partial charge in [0.05, 0.1) is 20.6 Å². The molecule has 1 aliphatic heterocycles. The predicted octanol–water partition coefficient (Wildman–Crippen LogP) is 3.51. The van der Waals surface area contributed by atoms with Crippen molar-refractivity contribution < 1.29 is 27.4 Å². The molecule has 1 aromatic rings. The van der Waals surface area contributed by atoms with Gasteiger partial charge in [-0.25, -0.2) is 0 Å². The van der Waals surface area contributed by atoms with E-state index < -0.39 is 24.9 Å². The second kappa shape index (κ2) is 10.0. The second-order valence-electron chi connectivity index (χ2n) is 7.17. The molecule has 0 aromatic heterocycles. The van der Waals surface area contributed by atoms with Crippen LogP contribution < -0.4 is 9.47 Å². The Bertz CT molecular complexity index is 652. The van der Waals surface area contributed by atoms with Crippen molar-refractivity contribution in [1.82, 2.24) is 9.80 Å². The molecule has 1 atom stereocenters. The number of rotatable bonds is 8. The number of likely N-dealkylation sites (tertiary alicyclic amines) is 1. The van der Waals surface area contributed by atoms with Gasteiger partial charge in [0.2, 0.25) is 5.91 Å². The fourth-order valence-electron chi connectivity index (χ4n) is 3.47. The van der Waals surface area contributed by atoms with Gasteiger partial charge >= 0.3 is 6.18 Å². The number of piperidine rings is 1. The first-order chi connectivity index (χ1) is 13.2. The summed E-state index contributed by atoms with van der Waals surface area (Å²) in [4.78, 5) is 15.9. The molecule has 0 aliphatic carbocycles. The molecule has 1 fully saturated rings. The molecule has 5 nitrogen and oxygen atoms in total. The number of benzene rings is 1. The first-order valence-corrected chi connectivity index (χ1v) is 9.49. The van der Waals surface area contributed by atoms with Gasteiger partial charge in [-0.2, -0.15) is 13.2 Å². The predicted molar refractivity (Wildman–Crippen MR) is 101 cm³/mol. The van der Waals surface area contributed by atoms with Crippen molar-refractivity contribution in [1.29, 1.82) is 0 Å². The number of hydrogen-bond donors (Lipinski definition) is 0. The molecule has 1 heterocycles. The standard InChI is InChI=1S/C20H29F3N2O3/c1-24(12-9-15-6-7-17(27-2)18(13-15)28-3)16-5-4-11-25(14-16)19(26)8-10-20(21,22)23/h6-7,13,16H,4-5,8-12,14H2,1-3H3/t16-/m1/s1. The van der Waals surface area contributed by atoms with Crippen LogP contribution in [0.1, 0.15) is 31.2 Å². The lowest BCUT2D eigenvalue weighted by Crippen LogP contribution is -2.49. The zero-order valence-electron chi connectivity index (χ0n) is 16.7. The summed E-state index contributed by atoms with van der Waals surface area (Å²) in [7, 11) is 5.19. The van der Waals surface area contributed by atoms with Crippen LogP contribution in [0.2, 0.25) is 0 Å². The molecule has 1 aromatic carbocycles. The van der Waals surface area contributed by atoms with Crippen LogP contribution in [0, 0.1) is 0 Å². The average Bonchev–Trinajstić information content (AvgIpc) is 2.69. The molecule has 0 unspecified atom stereocenters. The Morgan fingerprint density at radius 1 is 1.25 bits per heavy atom. The zero-order chi connectivity index (χ0) is 20.7. The highest BCUT2D eigenvalue weighted by Gasteiger charge is 2.31. The molecule has 0 spiro atoms. The Morgan fingerprint density at radius 3 is 2.61 bits per heavy atom. The number of carbonyl (C=O) groups excluding carboxylic acids is 1. The Hall–Kier alpha value is -1.96. The van der Waals surface area contributed by atoms with E-state index in [2.05, 4.69) is 4.90 Å². The minimum absolute atomic E-state index is 0.156. The first-order valence-electron chi connectivity index (χ1n) is 9.49. The third-order valence-electron chi connectivity index (χ3n) is 5.20. The van der Waals surface area contributed by atoms with Gasteiger partial charge in [-0.05, 0) is 44.0 Å². The molecule has 158 valence electrons. The van der Waals surface area contributed by atoms with Crippen molar-refractivity contribution in [2.75, 3.05) is 40.9 Å². The lowest BCUT2D eigenvalue weighted by atomic mass is 10.0. The lowest BCUT2D eigenvalue weighted by Gasteiger charge is -2.38. The van der Waals surface area contributed by atoms with Crippen molar-refractivity contribution in [3.8, 4) is 11.5 Å². The van der Waals surface area contributed by atoms with Crippen LogP contribution in [-0.4, -0.2) is 68.8 Å². The third kappa shape index (κ3) is 6.58. The maximum Gasteiger partial charge on any atom is 0.389 e. The number of halogens is 3. The number of carbonyl (C=O) groups is 1. The molecule has 1 amide bonds. The first kappa shape index (κ1) is 22.3. The van der Waals surface area contributed by atoms with E-state index in [1.165, 1.54) is 0 Å². The van der Waals surface area contributed by atoms with Crippen LogP contribution in [0.3, 0.4) is 0 Å². The van der Waals surface area contributed by atoms with Gasteiger partial charge in [-0.15, -0.1) is 0 Å². The lowest BCUT2D eigenvalue weighted by molar-refractivity contribution is -0.150. The number of amides is 1. The summed E-state index contributed by atoms with van der Waals surface area (Å²) in [5.41, 5.74) is 1.11. The highest BCUT2D eigenvalue weighted by atomic mass is 19.4. The molecule has 0 saturated carbocycles. The van der Waals surface area contributed by atoms with Gasteiger partial charge in [0.25, 0.3) is 0 Å². The molecular formula is C20H29F3N2O3. The summed E-state index contributed by atoms with van der Waals surface area (Å²) in [6.45, 7) is 1.81. The smallest absolute Gasteiger partial charge is 0.389 e. The van der Waals surface area contributed by atoms with Crippen molar-refractivity contribution in [3.63, 3.8) is 0 Å². The Morgan fingerprint density at radius 2 is 1.96 bits per heavy atom. The average molecular weight is 402 g/mol. The van der Waals surface area contributed by atoms with E-state index in [0.29, 0.717) is 24.6 Å². The second-order valence-corrected chi connectivity index (χ2v) is 7.17. The molecule has 0 bridgehead atoms. The maximum atomic E-state index is 12.4. The number of alkyl halides is 3. The van der Waals surface area contributed by atoms with Crippen molar-refractivity contribution in [2.24, 2.45) is 0 Å². The molecule has 0 N–H and O–H groups in total.